The summed E-state index contributed by atoms with van der Waals surface area (Å²) in [5.74, 6) is -0.0273. The molecule has 0 aliphatic carbocycles. The zero-order valence-corrected chi connectivity index (χ0v) is 10.6. The number of nitrogens with zero attached hydrogens (tertiary/aromatic N) is 1. The average molecular weight is 266 g/mol. The summed E-state index contributed by atoms with van der Waals surface area (Å²) in [5, 5.41) is 11.9. The number of rotatable bonds is 4. The summed E-state index contributed by atoms with van der Waals surface area (Å²) in [6.45, 7) is 0. The Morgan fingerprint density at radius 2 is 2.39 bits per heavy atom. The molecule has 6 heteroatoms. The maximum atomic E-state index is 11.9. The molecule has 2 rings (SSSR count). The quantitative estimate of drug-likeness (QED) is 0.838. The standard InChI is InChI=1S/C12H14N2O3S/c15-10(6-9-2-1-4-13-7-9)14-12(11(16)17)3-5-18-8-12/h1-2,4,7H,3,5-6,8H2,(H,14,15)(H,16,17). The summed E-state index contributed by atoms with van der Waals surface area (Å²) in [6.07, 6.45) is 3.88. The van der Waals surface area contributed by atoms with Crippen molar-refractivity contribution in [2.24, 2.45) is 0 Å². The molecule has 1 aliphatic heterocycles. The third-order valence-corrected chi connectivity index (χ3v) is 4.09. The molecule has 0 bridgehead atoms. The number of carbonyl (C=O) groups excluding carboxylic acids is 1. The molecular weight excluding hydrogens is 252 g/mol. The number of amides is 1. The predicted octanol–water partition coefficient (Wildman–Crippen LogP) is 0.701. The Kier molecular flexibility index (Phi) is 3.86. The predicted molar refractivity (Wildman–Crippen MR) is 68.4 cm³/mol. The van der Waals surface area contributed by atoms with Gasteiger partial charge in [-0.25, -0.2) is 4.79 Å². The summed E-state index contributed by atoms with van der Waals surface area (Å²) in [6, 6.07) is 3.55. The number of aromatic nitrogens is 1. The first-order valence-corrected chi connectivity index (χ1v) is 6.79. The van der Waals surface area contributed by atoms with Gasteiger partial charge in [0.15, 0.2) is 0 Å². The molecule has 2 heterocycles. The van der Waals surface area contributed by atoms with Crippen LogP contribution in [0.5, 0.6) is 0 Å². The zero-order valence-electron chi connectivity index (χ0n) is 9.76. The minimum atomic E-state index is -1.09. The van der Waals surface area contributed by atoms with Crippen molar-refractivity contribution in [3.8, 4) is 0 Å². The van der Waals surface area contributed by atoms with Crippen LogP contribution >= 0.6 is 11.8 Å². The van der Waals surface area contributed by atoms with Crippen LogP contribution < -0.4 is 5.32 Å². The van der Waals surface area contributed by atoms with E-state index in [4.69, 9.17) is 0 Å². The van der Waals surface area contributed by atoms with Crippen molar-refractivity contribution in [3.05, 3.63) is 30.1 Å². The monoisotopic (exact) mass is 266 g/mol. The van der Waals surface area contributed by atoms with Gasteiger partial charge in [0.1, 0.15) is 5.54 Å². The molecule has 2 N–H and O–H groups in total. The molecule has 1 aromatic rings. The molecule has 18 heavy (non-hydrogen) atoms. The van der Waals surface area contributed by atoms with Crippen molar-refractivity contribution < 1.29 is 14.7 Å². The Morgan fingerprint density at radius 3 is 2.94 bits per heavy atom. The summed E-state index contributed by atoms with van der Waals surface area (Å²) in [5.41, 5.74) is -0.314. The Balaban J connectivity index is 2.00. The number of nitrogens with one attached hydrogen (secondary N) is 1. The lowest BCUT2D eigenvalue weighted by molar-refractivity contribution is -0.146. The van der Waals surface area contributed by atoms with Crippen LogP contribution in [0.25, 0.3) is 0 Å². The third-order valence-electron chi connectivity index (χ3n) is 2.90. The maximum absolute atomic E-state index is 11.9. The van der Waals surface area contributed by atoms with E-state index in [1.54, 1.807) is 36.3 Å². The summed E-state index contributed by atoms with van der Waals surface area (Å²) >= 11 is 1.55. The van der Waals surface area contributed by atoms with E-state index >= 15 is 0 Å². The van der Waals surface area contributed by atoms with Crippen molar-refractivity contribution in [2.75, 3.05) is 11.5 Å². The topological polar surface area (TPSA) is 79.3 Å². The van der Waals surface area contributed by atoms with Crippen molar-refractivity contribution in [3.63, 3.8) is 0 Å². The first kappa shape index (κ1) is 12.9. The molecule has 0 radical (unpaired) electrons. The fourth-order valence-electron chi connectivity index (χ4n) is 1.88. The van der Waals surface area contributed by atoms with Gasteiger partial charge in [0, 0.05) is 18.1 Å². The number of pyridine rings is 1. The lowest BCUT2D eigenvalue weighted by Gasteiger charge is -2.24. The molecule has 0 aromatic carbocycles. The van der Waals surface area contributed by atoms with Crippen molar-refractivity contribution in [2.45, 2.75) is 18.4 Å². The Hall–Kier alpha value is -1.56. The normalized spacial score (nSPS) is 22.7. The highest BCUT2D eigenvalue weighted by molar-refractivity contribution is 7.99. The Bertz CT molecular complexity index is 444. The van der Waals surface area contributed by atoms with E-state index in [0.29, 0.717) is 12.2 Å². The van der Waals surface area contributed by atoms with Crippen molar-refractivity contribution in [1.29, 1.82) is 0 Å². The third kappa shape index (κ3) is 2.81. The van der Waals surface area contributed by atoms with Crippen LogP contribution in [-0.4, -0.2) is 39.0 Å². The van der Waals surface area contributed by atoms with Crippen LogP contribution in [0.1, 0.15) is 12.0 Å². The molecule has 5 nitrogen and oxygen atoms in total. The summed E-state index contributed by atoms with van der Waals surface area (Å²) < 4.78 is 0. The molecule has 1 amide bonds. The van der Waals surface area contributed by atoms with E-state index < -0.39 is 11.5 Å². The van der Waals surface area contributed by atoms with E-state index in [2.05, 4.69) is 10.3 Å². The fourth-order valence-corrected chi connectivity index (χ4v) is 3.21. The van der Waals surface area contributed by atoms with E-state index in [1.807, 2.05) is 0 Å². The first-order chi connectivity index (χ1) is 8.62. The van der Waals surface area contributed by atoms with Crippen LogP contribution in [0.15, 0.2) is 24.5 Å². The minimum Gasteiger partial charge on any atom is -0.479 e. The lowest BCUT2D eigenvalue weighted by atomic mass is 9.98. The lowest BCUT2D eigenvalue weighted by Crippen LogP contribution is -2.55. The molecule has 1 fully saturated rings. The molecule has 1 aromatic heterocycles. The molecule has 96 valence electrons. The zero-order chi connectivity index (χ0) is 13.0. The second-order valence-corrected chi connectivity index (χ2v) is 5.38. The maximum Gasteiger partial charge on any atom is 0.330 e. The van der Waals surface area contributed by atoms with Crippen LogP contribution in [-0.2, 0) is 16.0 Å². The smallest absolute Gasteiger partial charge is 0.330 e. The molecule has 0 spiro atoms. The molecule has 1 saturated heterocycles. The Labute approximate surface area is 109 Å². The molecule has 1 atom stereocenters. The van der Waals surface area contributed by atoms with Gasteiger partial charge >= 0.3 is 5.97 Å². The van der Waals surface area contributed by atoms with Crippen LogP contribution in [0.2, 0.25) is 0 Å². The van der Waals surface area contributed by atoms with Gasteiger partial charge in [-0.15, -0.1) is 0 Å². The van der Waals surface area contributed by atoms with E-state index in [1.165, 1.54) is 0 Å². The van der Waals surface area contributed by atoms with Crippen LogP contribution in [0.3, 0.4) is 0 Å². The minimum absolute atomic E-state index is 0.160. The van der Waals surface area contributed by atoms with Crippen molar-refractivity contribution >= 4 is 23.6 Å². The number of aliphatic carboxylic acids is 1. The van der Waals surface area contributed by atoms with E-state index in [0.717, 1.165) is 11.3 Å². The molecule has 1 unspecified atom stereocenters. The van der Waals surface area contributed by atoms with Gasteiger partial charge in [-0.05, 0) is 23.8 Å². The fraction of sp³-hybridized carbons (Fsp3) is 0.417. The molecular formula is C12H14N2O3S. The van der Waals surface area contributed by atoms with Crippen LogP contribution in [0.4, 0.5) is 0 Å². The number of hydrogen-bond acceptors (Lipinski definition) is 4. The molecule has 1 aliphatic rings. The highest BCUT2D eigenvalue weighted by Gasteiger charge is 2.43. The molecule has 0 saturated carbocycles. The summed E-state index contributed by atoms with van der Waals surface area (Å²) in [7, 11) is 0. The van der Waals surface area contributed by atoms with Crippen LogP contribution in [0, 0.1) is 0 Å². The number of thioether (sulfide) groups is 1. The van der Waals surface area contributed by atoms with Crippen molar-refractivity contribution in [1.82, 2.24) is 10.3 Å². The SMILES string of the molecule is O=C(Cc1cccnc1)NC1(C(=O)O)CCSC1. The second kappa shape index (κ2) is 5.39. The van der Waals surface area contributed by atoms with Gasteiger partial charge in [0.25, 0.3) is 0 Å². The second-order valence-electron chi connectivity index (χ2n) is 4.28. The average Bonchev–Trinajstić information content (AvgIpc) is 2.80. The Morgan fingerprint density at radius 1 is 1.56 bits per heavy atom. The highest BCUT2D eigenvalue weighted by Crippen LogP contribution is 2.28. The van der Waals surface area contributed by atoms with Gasteiger partial charge in [0.05, 0.1) is 6.42 Å². The number of carbonyl (C=O) groups is 2. The largest absolute Gasteiger partial charge is 0.479 e. The van der Waals surface area contributed by atoms with Gasteiger partial charge in [0.2, 0.25) is 5.91 Å². The summed E-state index contributed by atoms with van der Waals surface area (Å²) in [4.78, 5) is 27.1. The van der Waals surface area contributed by atoms with E-state index in [9.17, 15) is 14.7 Å². The van der Waals surface area contributed by atoms with Gasteiger partial charge in [-0.2, -0.15) is 11.8 Å². The number of carboxylic acid groups (broad SMARTS) is 1. The number of carboxylic acids is 1. The van der Waals surface area contributed by atoms with Gasteiger partial charge < -0.3 is 10.4 Å². The van der Waals surface area contributed by atoms with Gasteiger partial charge in [-0.1, -0.05) is 6.07 Å². The number of hydrogen-bond donors (Lipinski definition) is 2. The highest BCUT2D eigenvalue weighted by atomic mass is 32.2. The van der Waals surface area contributed by atoms with E-state index in [-0.39, 0.29) is 12.3 Å². The first-order valence-electron chi connectivity index (χ1n) is 5.63. The van der Waals surface area contributed by atoms with Gasteiger partial charge in [-0.3, -0.25) is 9.78 Å².